The van der Waals surface area contributed by atoms with Crippen LogP contribution in [0.1, 0.15) is 28.0 Å². The Morgan fingerprint density at radius 3 is 2.69 bits per heavy atom. The number of halogens is 1. The van der Waals surface area contributed by atoms with Crippen LogP contribution in [0, 0.1) is 0 Å². The second kappa shape index (κ2) is 8.44. The summed E-state index contributed by atoms with van der Waals surface area (Å²) in [4.78, 5) is 18.1. The predicted octanol–water partition coefficient (Wildman–Crippen LogP) is 3.65. The average Bonchev–Trinajstić information content (AvgIpc) is 3.27. The molecule has 32 heavy (non-hydrogen) atoms. The molecule has 0 atom stereocenters. The monoisotopic (exact) mass is 471 g/mol. The highest BCUT2D eigenvalue weighted by atomic mass is 35.5. The lowest BCUT2D eigenvalue weighted by molar-refractivity contribution is 0.0730. The Labute approximate surface area is 191 Å². The molecule has 166 valence electrons. The molecule has 0 radical (unpaired) electrons. The van der Waals surface area contributed by atoms with E-state index in [0.717, 1.165) is 41.4 Å². The summed E-state index contributed by atoms with van der Waals surface area (Å²) in [5.41, 5.74) is 3.69. The number of hydrogen-bond donors (Lipinski definition) is 1. The molecule has 2 aromatic carbocycles. The van der Waals surface area contributed by atoms with Crippen LogP contribution in [0.3, 0.4) is 0 Å². The van der Waals surface area contributed by atoms with E-state index in [4.69, 9.17) is 21.3 Å². The van der Waals surface area contributed by atoms with Crippen molar-refractivity contribution in [1.29, 1.82) is 0 Å². The van der Waals surface area contributed by atoms with E-state index >= 15 is 0 Å². The van der Waals surface area contributed by atoms with E-state index in [1.165, 1.54) is 16.4 Å². The molecule has 1 N–H and O–H groups in total. The largest absolute Gasteiger partial charge is 0.379 e. The Kier molecular flexibility index (Phi) is 5.63. The Morgan fingerprint density at radius 1 is 1.09 bits per heavy atom. The van der Waals surface area contributed by atoms with Gasteiger partial charge in [0.25, 0.3) is 5.91 Å². The van der Waals surface area contributed by atoms with E-state index < -0.39 is 10.0 Å². The van der Waals surface area contributed by atoms with Crippen molar-refractivity contribution in [2.75, 3.05) is 31.6 Å². The van der Waals surface area contributed by atoms with Crippen molar-refractivity contribution in [3.05, 3.63) is 64.3 Å². The van der Waals surface area contributed by atoms with Crippen LogP contribution in [0.25, 0.3) is 10.9 Å². The topological polar surface area (TPSA) is 88.6 Å². The Hall–Kier alpha value is -2.52. The third kappa shape index (κ3) is 3.77. The van der Waals surface area contributed by atoms with Gasteiger partial charge in [-0.15, -0.1) is 0 Å². The van der Waals surface area contributed by atoms with Gasteiger partial charge in [0.05, 0.1) is 29.3 Å². The second-order valence-corrected chi connectivity index (χ2v) is 10.2. The van der Waals surface area contributed by atoms with Gasteiger partial charge in [0.15, 0.2) is 0 Å². The van der Waals surface area contributed by atoms with Gasteiger partial charge in [-0.1, -0.05) is 29.8 Å². The summed E-state index contributed by atoms with van der Waals surface area (Å²) >= 11 is 6.25. The van der Waals surface area contributed by atoms with Gasteiger partial charge >= 0.3 is 0 Å². The maximum Gasteiger partial charge on any atom is 0.256 e. The maximum absolute atomic E-state index is 13.4. The van der Waals surface area contributed by atoms with E-state index in [9.17, 15) is 13.2 Å². The van der Waals surface area contributed by atoms with E-state index in [1.54, 1.807) is 6.07 Å². The molecule has 1 fully saturated rings. The van der Waals surface area contributed by atoms with Crippen molar-refractivity contribution in [1.82, 2.24) is 9.29 Å². The Morgan fingerprint density at radius 2 is 1.88 bits per heavy atom. The number of benzene rings is 2. The normalized spacial score (nSPS) is 16.8. The lowest BCUT2D eigenvalue weighted by Gasteiger charge is -2.26. The number of nitrogens with one attached hydrogen (secondary N) is 1. The van der Waals surface area contributed by atoms with Crippen LogP contribution < -0.4 is 5.32 Å². The van der Waals surface area contributed by atoms with Crippen molar-refractivity contribution in [2.24, 2.45) is 0 Å². The number of para-hydroxylation sites is 1. The van der Waals surface area contributed by atoms with E-state index in [-0.39, 0.29) is 28.9 Å². The van der Waals surface area contributed by atoms with Crippen LogP contribution >= 0.6 is 11.6 Å². The molecule has 0 saturated carbocycles. The molecule has 1 saturated heterocycles. The summed E-state index contributed by atoms with van der Waals surface area (Å²) in [6.07, 6.45) is 2.61. The second-order valence-electron chi connectivity index (χ2n) is 7.90. The lowest BCUT2D eigenvalue weighted by Crippen LogP contribution is -2.40. The number of rotatable bonds is 4. The van der Waals surface area contributed by atoms with Gasteiger partial charge in [-0.2, -0.15) is 4.31 Å². The molecule has 7 nitrogen and oxygen atoms in total. The number of amides is 1. The van der Waals surface area contributed by atoms with Crippen LogP contribution in [0.15, 0.2) is 47.4 Å². The Bertz CT molecular complexity index is 1320. The number of ether oxygens (including phenoxy) is 1. The first kappa shape index (κ1) is 21.3. The number of pyridine rings is 1. The van der Waals surface area contributed by atoms with Crippen molar-refractivity contribution < 1.29 is 17.9 Å². The van der Waals surface area contributed by atoms with Gasteiger partial charge in [-0.3, -0.25) is 9.78 Å². The van der Waals surface area contributed by atoms with Crippen molar-refractivity contribution in [3.8, 4) is 0 Å². The molecule has 0 spiro atoms. The van der Waals surface area contributed by atoms with Crippen molar-refractivity contribution in [2.45, 2.75) is 24.2 Å². The van der Waals surface area contributed by atoms with Gasteiger partial charge in [0.1, 0.15) is 4.90 Å². The van der Waals surface area contributed by atoms with Crippen LogP contribution in [-0.4, -0.2) is 49.9 Å². The highest BCUT2D eigenvalue weighted by Crippen LogP contribution is 2.32. The summed E-state index contributed by atoms with van der Waals surface area (Å²) < 4.78 is 32.8. The van der Waals surface area contributed by atoms with E-state index in [0.29, 0.717) is 24.5 Å². The molecule has 2 aliphatic rings. The van der Waals surface area contributed by atoms with Crippen molar-refractivity contribution in [3.63, 3.8) is 0 Å². The fourth-order valence-corrected chi connectivity index (χ4v) is 6.28. The first-order valence-corrected chi connectivity index (χ1v) is 12.4. The number of carbonyl (C=O) groups excluding carboxylic acids is 1. The van der Waals surface area contributed by atoms with Gasteiger partial charge in [-0.05, 0) is 49.1 Å². The lowest BCUT2D eigenvalue weighted by atomic mass is 10.0. The number of morpholine rings is 1. The molecule has 0 bridgehead atoms. The van der Waals surface area contributed by atoms with Crippen LogP contribution in [0.4, 0.5) is 5.69 Å². The number of anilines is 1. The summed E-state index contributed by atoms with van der Waals surface area (Å²) in [5, 5.41) is 3.80. The standard InChI is InChI=1S/C23H22ClN3O4S/c24-18-9-8-15(14-21(18)32(29,30)27-10-12-31-13-11-27)25-23(28)22-16-4-1-2-6-19(16)26-20-7-3-5-17(20)22/h1-2,4,6,8-9,14H,3,5,7,10-13H2,(H,25,28). The fourth-order valence-electron chi connectivity index (χ4n) is 4.37. The van der Waals surface area contributed by atoms with Gasteiger partial charge < -0.3 is 10.1 Å². The zero-order valence-corrected chi connectivity index (χ0v) is 18.9. The summed E-state index contributed by atoms with van der Waals surface area (Å²) in [6, 6.07) is 12.1. The highest BCUT2D eigenvalue weighted by molar-refractivity contribution is 7.89. The molecule has 1 aromatic heterocycles. The Balaban J connectivity index is 1.51. The first-order valence-electron chi connectivity index (χ1n) is 10.5. The number of aryl methyl sites for hydroxylation is 1. The van der Waals surface area contributed by atoms with Crippen LogP contribution in [0.2, 0.25) is 5.02 Å². The number of aromatic nitrogens is 1. The third-order valence-corrected chi connectivity index (χ3v) is 8.30. The average molecular weight is 472 g/mol. The summed E-state index contributed by atoms with van der Waals surface area (Å²) in [5.74, 6) is -0.279. The minimum atomic E-state index is -3.80. The first-order chi connectivity index (χ1) is 15.4. The number of nitrogens with zero attached hydrogens (tertiary/aromatic N) is 2. The number of fused-ring (bicyclic) bond motifs is 2. The molecule has 1 amide bonds. The number of carbonyl (C=O) groups is 1. The van der Waals surface area contributed by atoms with Crippen LogP contribution in [0.5, 0.6) is 0 Å². The number of hydrogen-bond acceptors (Lipinski definition) is 5. The maximum atomic E-state index is 13.4. The van der Waals surface area contributed by atoms with Gasteiger partial charge in [0, 0.05) is 29.9 Å². The fraction of sp³-hybridized carbons (Fsp3) is 0.304. The molecule has 1 aliphatic heterocycles. The quantitative estimate of drug-likeness (QED) is 0.627. The predicted molar refractivity (Wildman–Crippen MR) is 123 cm³/mol. The number of sulfonamides is 1. The molecule has 0 unspecified atom stereocenters. The van der Waals surface area contributed by atoms with E-state index in [1.807, 2.05) is 24.3 Å². The minimum absolute atomic E-state index is 0.0244. The van der Waals surface area contributed by atoms with Crippen molar-refractivity contribution >= 4 is 44.1 Å². The molecule has 9 heteroatoms. The molecule has 3 aromatic rings. The summed E-state index contributed by atoms with van der Waals surface area (Å²) in [7, 11) is -3.80. The summed E-state index contributed by atoms with van der Waals surface area (Å²) in [6.45, 7) is 1.22. The third-order valence-electron chi connectivity index (χ3n) is 5.92. The molecule has 1 aliphatic carbocycles. The van der Waals surface area contributed by atoms with Crippen LogP contribution in [-0.2, 0) is 27.6 Å². The smallest absolute Gasteiger partial charge is 0.256 e. The molecule has 5 rings (SSSR count). The zero-order valence-electron chi connectivity index (χ0n) is 17.3. The van der Waals surface area contributed by atoms with Gasteiger partial charge in [0.2, 0.25) is 10.0 Å². The SMILES string of the molecule is O=C(Nc1ccc(Cl)c(S(=O)(=O)N2CCOCC2)c1)c1c2c(nc3ccccc13)CCC2. The van der Waals surface area contributed by atoms with E-state index in [2.05, 4.69) is 5.32 Å². The molecular formula is C23H22ClN3O4S. The molecular weight excluding hydrogens is 450 g/mol. The highest BCUT2D eigenvalue weighted by Gasteiger charge is 2.29. The zero-order chi connectivity index (χ0) is 22.3. The van der Waals surface area contributed by atoms with Gasteiger partial charge in [-0.25, -0.2) is 8.42 Å². The minimum Gasteiger partial charge on any atom is -0.379 e. The molecule has 2 heterocycles.